The van der Waals surface area contributed by atoms with Gasteiger partial charge in [-0.2, -0.15) is 4.37 Å². The summed E-state index contributed by atoms with van der Waals surface area (Å²) in [6, 6.07) is 15.3. The molecule has 180 valence electrons. The van der Waals surface area contributed by atoms with Crippen LogP contribution in [0.25, 0.3) is 10.1 Å². The quantitative estimate of drug-likeness (QED) is 0.488. The molecule has 3 heterocycles. The van der Waals surface area contributed by atoms with E-state index in [0.29, 0.717) is 5.92 Å². The minimum absolute atomic E-state index is 0.257. The Hall–Kier alpha value is -2.44. The summed E-state index contributed by atoms with van der Waals surface area (Å²) >= 11 is 1.60. The fourth-order valence-electron chi connectivity index (χ4n) is 5.34. The summed E-state index contributed by atoms with van der Waals surface area (Å²) in [5.41, 5.74) is 3.48. The highest BCUT2D eigenvalue weighted by Gasteiger charge is 2.39. The molecule has 6 heteroatoms. The molecule has 2 aliphatic heterocycles. The van der Waals surface area contributed by atoms with Gasteiger partial charge in [0.2, 0.25) is 5.91 Å². The second kappa shape index (κ2) is 9.31. The summed E-state index contributed by atoms with van der Waals surface area (Å²) in [6.45, 7) is 14.6. The monoisotopic (exact) mass is 476 g/mol. The fraction of sp³-hybridized carbons (Fsp3) is 0.500. The molecule has 0 saturated carbocycles. The molecule has 0 radical (unpaired) electrons. The molecule has 0 unspecified atom stereocenters. The second-order valence-corrected chi connectivity index (χ2v) is 11.7. The van der Waals surface area contributed by atoms with Crippen LogP contribution in [0.5, 0.6) is 0 Å². The van der Waals surface area contributed by atoms with Crippen LogP contribution in [0.3, 0.4) is 0 Å². The first-order valence-electron chi connectivity index (χ1n) is 12.6. The van der Waals surface area contributed by atoms with E-state index in [2.05, 4.69) is 80.0 Å². The van der Waals surface area contributed by atoms with E-state index in [0.717, 1.165) is 63.6 Å². The van der Waals surface area contributed by atoms with Gasteiger partial charge in [0.05, 0.1) is 4.70 Å². The summed E-state index contributed by atoms with van der Waals surface area (Å²) in [5.74, 6) is 1.86. The lowest BCUT2D eigenvalue weighted by molar-refractivity contribution is -0.127. The average Bonchev–Trinajstić information content (AvgIpc) is 3.25. The number of hydrogen-bond acceptors (Lipinski definition) is 5. The third kappa shape index (κ3) is 4.58. The van der Waals surface area contributed by atoms with Crippen LogP contribution in [-0.4, -0.2) is 54.4 Å². The lowest BCUT2D eigenvalue weighted by Gasteiger charge is -2.39. The van der Waals surface area contributed by atoms with Gasteiger partial charge in [-0.25, -0.2) is 0 Å². The Labute approximate surface area is 207 Å². The number of anilines is 2. The Morgan fingerprint density at radius 3 is 2.59 bits per heavy atom. The maximum Gasteiger partial charge on any atom is 0.232 e. The number of carbonyl (C=O) groups is 1. The van der Waals surface area contributed by atoms with Gasteiger partial charge >= 0.3 is 0 Å². The lowest BCUT2D eigenvalue weighted by atomic mass is 9.79. The third-order valence-electron chi connectivity index (χ3n) is 7.19. The molecule has 1 amide bonds. The summed E-state index contributed by atoms with van der Waals surface area (Å²) in [7, 11) is 0. The molecule has 5 nitrogen and oxygen atoms in total. The molecule has 2 aliphatic rings. The molecule has 0 spiro atoms. The molecule has 34 heavy (non-hydrogen) atoms. The van der Waals surface area contributed by atoms with Crippen LogP contribution in [0.2, 0.25) is 0 Å². The molecule has 5 rings (SSSR count). The molecule has 1 aromatic heterocycles. The molecule has 0 bridgehead atoms. The number of piperazine rings is 1. The van der Waals surface area contributed by atoms with Crippen LogP contribution < -0.4 is 9.80 Å². The van der Waals surface area contributed by atoms with E-state index in [1.54, 1.807) is 11.5 Å². The summed E-state index contributed by atoms with van der Waals surface area (Å²) in [4.78, 5) is 20.1. The number of nitrogens with zero attached hydrogens (tertiary/aromatic N) is 4. The van der Waals surface area contributed by atoms with Crippen molar-refractivity contribution in [3.05, 3.63) is 53.6 Å². The molecule has 2 aromatic carbocycles. The van der Waals surface area contributed by atoms with Crippen LogP contribution >= 0.6 is 11.5 Å². The zero-order chi connectivity index (χ0) is 23.9. The number of benzene rings is 2. The Morgan fingerprint density at radius 2 is 1.82 bits per heavy atom. The Balaban J connectivity index is 1.21. The number of aromatic nitrogens is 1. The topological polar surface area (TPSA) is 39.7 Å². The van der Waals surface area contributed by atoms with Crippen LogP contribution in [0.4, 0.5) is 11.5 Å². The molecule has 0 aliphatic carbocycles. The number of carbonyl (C=O) groups excluding carboxylic acids is 1. The van der Waals surface area contributed by atoms with Gasteiger partial charge in [0.25, 0.3) is 0 Å². The Morgan fingerprint density at radius 1 is 1.06 bits per heavy atom. The van der Waals surface area contributed by atoms with Crippen molar-refractivity contribution in [3.8, 4) is 0 Å². The van der Waals surface area contributed by atoms with Crippen molar-refractivity contribution in [3.63, 3.8) is 0 Å². The number of amides is 1. The van der Waals surface area contributed by atoms with Crippen LogP contribution in [0, 0.1) is 11.3 Å². The van der Waals surface area contributed by atoms with Gasteiger partial charge < -0.3 is 9.80 Å². The van der Waals surface area contributed by atoms with Crippen LogP contribution in [0.1, 0.15) is 38.8 Å². The van der Waals surface area contributed by atoms with E-state index >= 15 is 0 Å². The molecule has 0 atom stereocenters. The SMILES string of the molecule is CC(C)CN1C(=O)C(C)(C)Cc2cc(CCN3CCN(c4nsc5ccccc45)CC3)ccc21. The number of rotatable bonds is 6. The number of fused-ring (bicyclic) bond motifs is 2. The van der Waals surface area contributed by atoms with E-state index < -0.39 is 0 Å². The maximum atomic E-state index is 13.1. The van der Waals surface area contributed by atoms with Crippen molar-refractivity contribution >= 4 is 39.0 Å². The first-order chi connectivity index (χ1) is 16.3. The van der Waals surface area contributed by atoms with E-state index in [9.17, 15) is 4.79 Å². The highest BCUT2D eigenvalue weighted by Crippen LogP contribution is 2.38. The normalized spacial score (nSPS) is 18.7. The average molecular weight is 477 g/mol. The van der Waals surface area contributed by atoms with Gasteiger partial charge in [-0.05, 0) is 59.6 Å². The van der Waals surface area contributed by atoms with Crippen molar-refractivity contribution in [2.24, 2.45) is 11.3 Å². The minimum Gasteiger partial charge on any atom is -0.353 e. The zero-order valence-corrected chi connectivity index (χ0v) is 21.7. The first kappa shape index (κ1) is 23.3. The zero-order valence-electron chi connectivity index (χ0n) is 20.9. The number of hydrogen-bond donors (Lipinski definition) is 0. The van der Waals surface area contributed by atoms with E-state index in [1.165, 1.54) is 21.2 Å². The molecule has 1 fully saturated rings. The smallest absolute Gasteiger partial charge is 0.232 e. The van der Waals surface area contributed by atoms with Gasteiger partial charge in [0.15, 0.2) is 0 Å². The summed E-state index contributed by atoms with van der Waals surface area (Å²) in [6.07, 6.45) is 1.87. The fourth-order valence-corrected chi connectivity index (χ4v) is 6.14. The first-order valence-corrected chi connectivity index (χ1v) is 13.3. The van der Waals surface area contributed by atoms with Crippen LogP contribution in [0.15, 0.2) is 42.5 Å². The summed E-state index contributed by atoms with van der Waals surface area (Å²) in [5, 5.41) is 1.28. The van der Waals surface area contributed by atoms with E-state index in [-0.39, 0.29) is 11.3 Å². The van der Waals surface area contributed by atoms with E-state index in [4.69, 9.17) is 4.37 Å². The van der Waals surface area contributed by atoms with Crippen molar-refractivity contribution in [1.29, 1.82) is 0 Å². The van der Waals surface area contributed by atoms with Gasteiger partial charge in [-0.15, -0.1) is 0 Å². The molecule has 1 saturated heterocycles. The second-order valence-electron chi connectivity index (χ2n) is 10.9. The lowest BCUT2D eigenvalue weighted by Crippen LogP contribution is -2.48. The third-order valence-corrected chi connectivity index (χ3v) is 8.00. The van der Waals surface area contributed by atoms with E-state index in [1.807, 2.05) is 4.90 Å². The van der Waals surface area contributed by atoms with Gasteiger partial charge in [0, 0.05) is 55.8 Å². The maximum absolute atomic E-state index is 13.1. The molecular weight excluding hydrogens is 440 g/mol. The van der Waals surface area contributed by atoms with Crippen molar-refractivity contribution in [2.45, 2.75) is 40.5 Å². The Bertz CT molecular complexity index is 1180. The molecule has 0 N–H and O–H groups in total. The van der Waals surface area contributed by atoms with Crippen molar-refractivity contribution < 1.29 is 4.79 Å². The van der Waals surface area contributed by atoms with Crippen molar-refractivity contribution in [2.75, 3.05) is 49.1 Å². The standard InChI is InChI=1S/C28H36N4OS/c1-20(2)19-32-24-10-9-21(17-22(24)18-28(3,4)27(32)33)11-12-30-13-15-31(16-14-30)26-23-7-5-6-8-25(23)34-29-26/h5-10,17,20H,11-16,18-19H2,1-4H3. The van der Waals surface area contributed by atoms with Crippen molar-refractivity contribution in [1.82, 2.24) is 9.27 Å². The van der Waals surface area contributed by atoms with Gasteiger partial charge in [0.1, 0.15) is 5.82 Å². The van der Waals surface area contributed by atoms with Crippen LogP contribution in [-0.2, 0) is 17.6 Å². The highest BCUT2D eigenvalue weighted by molar-refractivity contribution is 7.13. The highest BCUT2D eigenvalue weighted by atomic mass is 32.1. The molecular formula is C28H36N4OS. The predicted molar refractivity (Wildman–Crippen MR) is 143 cm³/mol. The molecule has 3 aromatic rings. The minimum atomic E-state index is -0.337. The largest absolute Gasteiger partial charge is 0.353 e. The van der Waals surface area contributed by atoms with Gasteiger partial charge in [-0.1, -0.05) is 52.0 Å². The van der Waals surface area contributed by atoms with Gasteiger partial charge in [-0.3, -0.25) is 9.69 Å². The predicted octanol–water partition coefficient (Wildman–Crippen LogP) is 5.23. The Kier molecular flexibility index (Phi) is 6.38. The summed E-state index contributed by atoms with van der Waals surface area (Å²) < 4.78 is 6.01.